The normalized spacial score (nSPS) is 15.0. The van der Waals surface area contributed by atoms with E-state index >= 15 is 0 Å². The molecule has 0 aliphatic heterocycles. The Labute approximate surface area is 160 Å². The molecule has 0 heterocycles. The predicted molar refractivity (Wildman–Crippen MR) is 99.8 cm³/mol. The summed E-state index contributed by atoms with van der Waals surface area (Å²) in [6.45, 7) is 3.63. The molecule has 1 atom stereocenters. The maximum absolute atomic E-state index is 12.8. The Bertz CT molecular complexity index is 629. The molecule has 148 valence electrons. The lowest BCUT2D eigenvalue weighted by Crippen LogP contribution is -2.51. The molecule has 7 heteroatoms. The highest BCUT2D eigenvalue weighted by Crippen LogP contribution is 2.24. The zero-order valence-electron chi connectivity index (χ0n) is 16.0. The van der Waals surface area contributed by atoms with Gasteiger partial charge in [-0.05, 0) is 32.3 Å². The smallest absolute Gasteiger partial charge is 0.408 e. The maximum atomic E-state index is 12.8. The summed E-state index contributed by atoms with van der Waals surface area (Å²) in [7, 11) is 0. The molecule has 1 aromatic carbocycles. The first-order valence-corrected chi connectivity index (χ1v) is 9.44. The number of hydrogen-bond acceptors (Lipinski definition) is 5. The largest absolute Gasteiger partial charge is 0.465 e. The van der Waals surface area contributed by atoms with E-state index in [4.69, 9.17) is 9.47 Å². The van der Waals surface area contributed by atoms with Crippen LogP contribution in [0.4, 0.5) is 4.79 Å². The second-order valence-electron chi connectivity index (χ2n) is 6.64. The quantitative estimate of drug-likeness (QED) is 0.705. The fraction of sp³-hybridized carbons (Fsp3) is 0.550. The van der Waals surface area contributed by atoms with Crippen molar-refractivity contribution < 1.29 is 23.9 Å². The molecule has 0 bridgehead atoms. The van der Waals surface area contributed by atoms with Crippen molar-refractivity contribution in [2.45, 2.75) is 58.2 Å². The number of alkyl carbamates (subject to hydrolysis) is 1. The van der Waals surface area contributed by atoms with Crippen LogP contribution in [0.3, 0.4) is 0 Å². The van der Waals surface area contributed by atoms with E-state index in [1.54, 1.807) is 13.8 Å². The number of esters is 1. The van der Waals surface area contributed by atoms with Crippen LogP contribution < -0.4 is 5.32 Å². The number of benzene rings is 1. The summed E-state index contributed by atoms with van der Waals surface area (Å²) in [4.78, 5) is 38.3. The molecule has 0 radical (unpaired) electrons. The highest BCUT2D eigenvalue weighted by Gasteiger charge is 2.32. The summed E-state index contributed by atoms with van der Waals surface area (Å²) < 4.78 is 10.1. The third kappa shape index (κ3) is 6.58. The second kappa shape index (κ2) is 10.5. The summed E-state index contributed by atoms with van der Waals surface area (Å²) in [5, 5.41) is 2.55. The minimum Gasteiger partial charge on any atom is -0.465 e. The van der Waals surface area contributed by atoms with Gasteiger partial charge in [-0.3, -0.25) is 9.59 Å². The lowest BCUT2D eigenvalue weighted by atomic mass is 10.1. The standard InChI is InChI=1S/C20H28N2O5/c1-3-26-18(23)13-22(17-11-7-8-12-17)19(24)15(2)21-20(25)27-14-16-9-5-4-6-10-16/h4-6,9-10,15,17H,3,7-8,11-14H2,1-2H3,(H,21,25)/t15-/m0/s1. The maximum Gasteiger partial charge on any atom is 0.408 e. The van der Waals surface area contributed by atoms with Crippen LogP contribution in [-0.2, 0) is 25.7 Å². The van der Waals surface area contributed by atoms with Gasteiger partial charge in [0.25, 0.3) is 0 Å². The van der Waals surface area contributed by atoms with Gasteiger partial charge in [0, 0.05) is 6.04 Å². The van der Waals surface area contributed by atoms with Crippen LogP contribution in [0.25, 0.3) is 0 Å². The summed E-state index contributed by atoms with van der Waals surface area (Å²) in [6, 6.07) is 8.52. The van der Waals surface area contributed by atoms with Crippen molar-refractivity contribution in [2.75, 3.05) is 13.2 Å². The van der Waals surface area contributed by atoms with Gasteiger partial charge in [0.1, 0.15) is 19.2 Å². The molecule has 0 unspecified atom stereocenters. The summed E-state index contributed by atoms with van der Waals surface area (Å²) in [6.07, 6.45) is 3.10. The van der Waals surface area contributed by atoms with Crippen molar-refractivity contribution in [3.8, 4) is 0 Å². The Morgan fingerprint density at radius 2 is 1.81 bits per heavy atom. The third-order valence-corrected chi connectivity index (χ3v) is 4.57. The predicted octanol–water partition coefficient (Wildman–Crippen LogP) is 2.64. The molecule has 0 saturated heterocycles. The number of amides is 2. The molecule has 2 rings (SSSR count). The number of carbonyl (C=O) groups excluding carboxylic acids is 3. The molecule has 27 heavy (non-hydrogen) atoms. The van der Waals surface area contributed by atoms with E-state index in [9.17, 15) is 14.4 Å². The number of hydrogen-bond donors (Lipinski definition) is 1. The molecule has 1 aliphatic carbocycles. The van der Waals surface area contributed by atoms with Crippen molar-refractivity contribution in [1.82, 2.24) is 10.2 Å². The van der Waals surface area contributed by atoms with Crippen LogP contribution in [-0.4, -0.2) is 48.1 Å². The number of nitrogens with one attached hydrogen (secondary N) is 1. The van der Waals surface area contributed by atoms with Crippen LogP contribution in [0.5, 0.6) is 0 Å². The zero-order valence-corrected chi connectivity index (χ0v) is 16.0. The Morgan fingerprint density at radius 3 is 2.44 bits per heavy atom. The van der Waals surface area contributed by atoms with Gasteiger partial charge < -0.3 is 19.7 Å². The number of rotatable bonds is 8. The van der Waals surface area contributed by atoms with Gasteiger partial charge in [0.05, 0.1) is 6.61 Å². The minimum absolute atomic E-state index is 0.00601. The second-order valence-corrected chi connectivity index (χ2v) is 6.64. The monoisotopic (exact) mass is 376 g/mol. The first-order valence-electron chi connectivity index (χ1n) is 9.44. The molecule has 2 amide bonds. The van der Waals surface area contributed by atoms with E-state index in [1.807, 2.05) is 30.3 Å². The van der Waals surface area contributed by atoms with Crippen LogP contribution in [0.2, 0.25) is 0 Å². The molecule has 1 N–H and O–H groups in total. The Kier molecular flexibility index (Phi) is 8.10. The Balaban J connectivity index is 1.90. The number of ether oxygens (including phenoxy) is 2. The summed E-state index contributed by atoms with van der Waals surface area (Å²) >= 11 is 0. The minimum atomic E-state index is -0.789. The first kappa shape index (κ1) is 20.7. The molecule has 0 aromatic heterocycles. The van der Waals surface area contributed by atoms with E-state index < -0.39 is 18.1 Å². The fourth-order valence-corrected chi connectivity index (χ4v) is 3.20. The zero-order chi connectivity index (χ0) is 19.6. The SMILES string of the molecule is CCOC(=O)CN(C(=O)[C@H](C)NC(=O)OCc1ccccc1)C1CCCC1. The van der Waals surface area contributed by atoms with Crippen LogP contribution in [0.1, 0.15) is 45.1 Å². The van der Waals surface area contributed by atoms with Gasteiger partial charge in [0.15, 0.2) is 0 Å². The fourth-order valence-electron chi connectivity index (χ4n) is 3.20. The van der Waals surface area contributed by atoms with E-state index in [0.29, 0.717) is 0 Å². The first-order chi connectivity index (χ1) is 13.0. The summed E-state index contributed by atoms with van der Waals surface area (Å²) in [5.41, 5.74) is 0.863. The Morgan fingerprint density at radius 1 is 1.15 bits per heavy atom. The van der Waals surface area contributed by atoms with Gasteiger partial charge in [-0.1, -0.05) is 43.2 Å². The third-order valence-electron chi connectivity index (χ3n) is 4.57. The average Bonchev–Trinajstić information content (AvgIpc) is 3.19. The van der Waals surface area contributed by atoms with Crippen molar-refractivity contribution in [1.29, 1.82) is 0 Å². The van der Waals surface area contributed by atoms with Gasteiger partial charge in [-0.2, -0.15) is 0 Å². The van der Waals surface area contributed by atoms with Crippen molar-refractivity contribution >= 4 is 18.0 Å². The molecule has 1 saturated carbocycles. The lowest BCUT2D eigenvalue weighted by Gasteiger charge is -2.30. The summed E-state index contributed by atoms with van der Waals surface area (Å²) in [5.74, 6) is -0.733. The van der Waals surface area contributed by atoms with Gasteiger partial charge in [-0.25, -0.2) is 4.79 Å². The topological polar surface area (TPSA) is 84.9 Å². The van der Waals surface area contributed by atoms with Gasteiger partial charge >= 0.3 is 12.1 Å². The van der Waals surface area contributed by atoms with Crippen molar-refractivity contribution in [3.63, 3.8) is 0 Å². The molecular weight excluding hydrogens is 348 g/mol. The lowest BCUT2D eigenvalue weighted by molar-refractivity contribution is -0.151. The van der Waals surface area contributed by atoms with Crippen LogP contribution >= 0.6 is 0 Å². The molecule has 7 nitrogen and oxygen atoms in total. The van der Waals surface area contributed by atoms with Crippen molar-refractivity contribution in [2.24, 2.45) is 0 Å². The highest BCUT2D eigenvalue weighted by atomic mass is 16.5. The molecule has 1 aliphatic rings. The number of carbonyl (C=O) groups is 3. The molecule has 1 fully saturated rings. The van der Waals surface area contributed by atoms with Gasteiger partial charge in [0.2, 0.25) is 5.91 Å². The highest BCUT2D eigenvalue weighted by molar-refractivity contribution is 5.88. The van der Waals surface area contributed by atoms with Gasteiger partial charge in [-0.15, -0.1) is 0 Å². The molecular formula is C20H28N2O5. The average molecular weight is 376 g/mol. The van der Waals surface area contributed by atoms with Crippen LogP contribution in [0, 0.1) is 0 Å². The Hall–Kier alpha value is -2.57. The number of nitrogens with zero attached hydrogens (tertiary/aromatic N) is 1. The van der Waals surface area contributed by atoms with E-state index in [1.165, 1.54) is 4.90 Å². The molecule has 0 spiro atoms. The van der Waals surface area contributed by atoms with E-state index in [2.05, 4.69) is 5.32 Å². The van der Waals surface area contributed by atoms with Crippen LogP contribution in [0.15, 0.2) is 30.3 Å². The molecule has 1 aromatic rings. The van der Waals surface area contributed by atoms with E-state index in [-0.39, 0.29) is 31.7 Å². The van der Waals surface area contributed by atoms with E-state index in [0.717, 1.165) is 31.2 Å². The van der Waals surface area contributed by atoms with Crippen molar-refractivity contribution in [3.05, 3.63) is 35.9 Å².